The Labute approximate surface area is 151 Å². The number of benzene rings is 2. The van der Waals surface area contributed by atoms with Gasteiger partial charge in [0.25, 0.3) is 0 Å². The summed E-state index contributed by atoms with van der Waals surface area (Å²) in [4.78, 5) is 19.4. The summed E-state index contributed by atoms with van der Waals surface area (Å²) >= 11 is 12.5. The molecule has 2 aromatic rings. The highest BCUT2D eigenvalue weighted by atomic mass is 35.5. The van der Waals surface area contributed by atoms with Gasteiger partial charge in [-0.25, -0.2) is 0 Å². The van der Waals surface area contributed by atoms with Crippen molar-refractivity contribution in [1.29, 1.82) is 0 Å². The summed E-state index contributed by atoms with van der Waals surface area (Å²) in [7, 11) is 3.76. The molecule has 0 unspecified atom stereocenters. The van der Waals surface area contributed by atoms with Crippen molar-refractivity contribution in [3.8, 4) is 0 Å². The van der Waals surface area contributed by atoms with Gasteiger partial charge in [0, 0.05) is 52.6 Å². The molecule has 3 rings (SSSR count). The van der Waals surface area contributed by atoms with Crippen LogP contribution in [0.5, 0.6) is 0 Å². The standard InChI is InChI=1S/C19H16Cl2N2O/c1-23(2)11-12-10-22-18(15-5-3-4-6-17(15)21)16-9-13(20)7-8-14(16)19(12)24/h3-9,11H,10H2,1-2H3. The van der Waals surface area contributed by atoms with Gasteiger partial charge in [-0.3, -0.25) is 9.79 Å². The number of ketones is 1. The molecule has 1 aliphatic rings. The second-order valence-electron chi connectivity index (χ2n) is 5.78. The maximum atomic E-state index is 12.9. The van der Waals surface area contributed by atoms with Crippen LogP contribution in [-0.2, 0) is 0 Å². The minimum atomic E-state index is -0.0406. The Kier molecular flexibility index (Phi) is 4.74. The van der Waals surface area contributed by atoms with Crippen LogP contribution in [0.15, 0.2) is 59.2 Å². The topological polar surface area (TPSA) is 32.7 Å². The first kappa shape index (κ1) is 16.7. The maximum absolute atomic E-state index is 12.9. The molecule has 1 heterocycles. The fourth-order valence-electron chi connectivity index (χ4n) is 2.70. The molecule has 0 amide bonds. The van der Waals surface area contributed by atoms with Gasteiger partial charge in [0.05, 0.1) is 12.3 Å². The lowest BCUT2D eigenvalue weighted by Crippen LogP contribution is -2.12. The van der Waals surface area contributed by atoms with E-state index in [-0.39, 0.29) is 5.78 Å². The fourth-order valence-corrected chi connectivity index (χ4v) is 3.10. The van der Waals surface area contributed by atoms with Gasteiger partial charge in [-0.05, 0) is 24.3 Å². The summed E-state index contributed by atoms with van der Waals surface area (Å²) < 4.78 is 0. The predicted molar refractivity (Wildman–Crippen MR) is 99.5 cm³/mol. The number of carbonyl (C=O) groups is 1. The van der Waals surface area contributed by atoms with Crippen LogP contribution in [0.2, 0.25) is 10.0 Å². The molecule has 0 fully saturated rings. The van der Waals surface area contributed by atoms with Crippen LogP contribution in [0.3, 0.4) is 0 Å². The van der Waals surface area contributed by atoms with Gasteiger partial charge in [-0.2, -0.15) is 0 Å². The molecule has 0 saturated carbocycles. The summed E-state index contributed by atoms with van der Waals surface area (Å²) in [5.74, 6) is -0.0406. The monoisotopic (exact) mass is 358 g/mol. The van der Waals surface area contributed by atoms with Crippen LogP contribution in [0, 0.1) is 0 Å². The third kappa shape index (κ3) is 3.23. The SMILES string of the molecule is CN(C)C=C1CN=C(c2ccccc2Cl)c2cc(Cl)ccc2C1=O. The Morgan fingerprint density at radius 1 is 1.04 bits per heavy atom. The van der Waals surface area contributed by atoms with Crippen LogP contribution >= 0.6 is 23.2 Å². The van der Waals surface area contributed by atoms with Crippen molar-refractivity contribution in [3.05, 3.63) is 81.0 Å². The molecule has 0 atom stereocenters. The molecule has 2 aromatic carbocycles. The number of aliphatic imine (C=N–C) groups is 1. The molecule has 0 aromatic heterocycles. The zero-order valence-electron chi connectivity index (χ0n) is 13.4. The highest BCUT2D eigenvalue weighted by molar-refractivity contribution is 6.37. The average Bonchev–Trinajstić information content (AvgIpc) is 2.66. The van der Waals surface area contributed by atoms with Crippen LogP contribution in [0.1, 0.15) is 21.5 Å². The molecular formula is C19H16Cl2N2O. The Morgan fingerprint density at radius 3 is 2.50 bits per heavy atom. The number of hydrogen-bond acceptors (Lipinski definition) is 3. The number of halogens is 2. The van der Waals surface area contributed by atoms with Gasteiger partial charge in [0.15, 0.2) is 5.78 Å². The second-order valence-corrected chi connectivity index (χ2v) is 6.63. The summed E-state index contributed by atoms with van der Waals surface area (Å²) in [6.07, 6.45) is 1.81. The van der Waals surface area contributed by atoms with Crippen molar-refractivity contribution in [2.24, 2.45) is 4.99 Å². The van der Waals surface area contributed by atoms with E-state index in [9.17, 15) is 4.79 Å². The molecule has 5 heteroatoms. The second kappa shape index (κ2) is 6.80. The van der Waals surface area contributed by atoms with E-state index in [4.69, 9.17) is 23.2 Å². The lowest BCUT2D eigenvalue weighted by molar-refractivity contribution is 0.103. The molecule has 0 N–H and O–H groups in total. The zero-order valence-corrected chi connectivity index (χ0v) is 14.9. The van der Waals surface area contributed by atoms with Crippen molar-refractivity contribution < 1.29 is 4.79 Å². The van der Waals surface area contributed by atoms with E-state index in [1.54, 1.807) is 24.4 Å². The van der Waals surface area contributed by atoms with Crippen molar-refractivity contribution in [3.63, 3.8) is 0 Å². The van der Waals surface area contributed by atoms with Crippen molar-refractivity contribution in [2.45, 2.75) is 0 Å². The molecule has 24 heavy (non-hydrogen) atoms. The minimum Gasteiger partial charge on any atom is -0.383 e. The Balaban J connectivity index is 2.25. The molecule has 0 saturated heterocycles. The van der Waals surface area contributed by atoms with E-state index in [1.807, 2.05) is 43.3 Å². The summed E-state index contributed by atoms with van der Waals surface area (Å²) in [5, 5.41) is 1.15. The van der Waals surface area contributed by atoms with Gasteiger partial charge in [0.1, 0.15) is 0 Å². The molecule has 0 radical (unpaired) electrons. The number of hydrogen-bond donors (Lipinski definition) is 0. The Hall–Kier alpha value is -2.10. The van der Waals surface area contributed by atoms with Crippen LogP contribution in [0.25, 0.3) is 0 Å². The lowest BCUT2D eigenvalue weighted by atomic mass is 9.94. The molecule has 1 aliphatic heterocycles. The van der Waals surface area contributed by atoms with Crippen molar-refractivity contribution in [1.82, 2.24) is 4.90 Å². The molecular weight excluding hydrogens is 343 g/mol. The van der Waals surface area contributed by atoms with Crippen molar-refractivity contribution in [2.75, 3.05) is 20.6 Å². The number of Topliss-reactive ketones (excluding diaryl/α,β-unsaturated/α-hetero) is 1. The number of nitrogens with zero attached hydrogens (tertiary/aromatic N) is 2. The first-order chi connectivity index (χ1) is 11.5. The highest BCUT2D eigenvalue weighted by Gasteiger charge is 2.24. The van der Waals surface area contributed by atoms with Gasteiger partial charge in [-0.1, -0.05) is 41.4 Å². The van der Waals surface area contributed by atoms with Gasteiger partial charge < -0.3 is 4.90 Å². The van der Waals surface area contributed by atoms with E-state index < -0.39 is 0 Å². The quantitative estimate of drug-likeness (QED) is 0.741. The van der Waals surface area contributed by atoms with E-state index >= 15 is 0 Å². The molecule has 122 valence electrons. The summed E-state index contributed by atoms with van der Waals surface area (Å²) in [6, 6.07) is 12.7. The van der Waals surface area contributed by atoms with Crippen LogP contribution in [-0.4, -0.2) is 37.0 Å². The smallest absolute Gasteiger partial charge is 0.193 e. The van der Waals surface area contributed by atoms with E-state index in [1.165, 1.54) is 0 Å². The Morgan fingerprint density at radius 2 is 1.79 bits per heavy atom. The molecule has 3 nitrogen and oxygen atoms in total. The Bertz CT molecular complexity index is 869. The number of carbonyl (C=O) groups excluding carboxylic acids is 1. The number of fused-ring (bicyclic) bond motifs is 1. The molecule has 0 spiro atoms. The van der Waals surface area contributed by atoms with Crippen LogP contribution < -0.4 is 0 Å². The van der Waals surface area contributed by atoms with Gasteiger partial charge in [0.2, 0.25) is 0 Å². The average molecular weight is 359 g/mol. The third-order valence-corrected chi connectivity index (χ3v) is 4.29. The van der Waals surface area contributed by atoms with Crippen molar-refractivity contribution >= 4 is 34.7 Å². The lowest BCUT2D eigenvalue weighted by Gasteiger charge is -2.11. The number of rotatable bonds is 2. The normalized spacial score (nSPS) is 15.8. The summed E-state index contributed by atoms with van der Waals surface area (Å²) in [5.41, 5.74) is 3.41. The predicted octanol–water partition coefficient (Wildman–Crippen LogP) is 4.47. The van der Waals surface area contributed by atoms with Gasteiger partial charge in [-0.15, -0.1) is 0 Å². The highest BCUT2D eigenvalue weighted by Crippen LogP contribution is 2.28. The third-order valence-electron chi connectivity index (χ3n) is 3.72. The zero-order chi connectivity index (χ0) is 17.3. The first-order valence-corrected chi connectivity index (χ1v) is 8.24. The van der Waals surface area contributed by atoms with E-state index in [0.717, 1.165) is 5.56 Å². The fraction of sp³-hybridized carbons (Fsp3) is 0.158. The molecule has 0 aliphatic carbocycles. The maximum Gasteiger partial charge on any atom is 0.193 e. The minimum absolute atomic E-state index is 0.0406. The molecule has 0 bridgehead atoms. The summed E-state index contributed by atoms with van der Waals surface area (Å²) in [6.45, 7) is 0.296. The van der Waals surface area contributed by atoms with E-state index in [0.29, 0.717) is 39.0 Å². The van der Waals surface area contributed by atoms with E-state index in [2.05, 4.69) is 4.99 Å². The largest absolute Gasteiger partial charge is 0.383 e. The van der Waals surface area contributed by atoms with Gasteiger partial charge >= 0.3 is 0 Å². The first-order valence-electron chi connectivity index (χ1n) is 7.48. The van der Waals surface area contributed by atoms with Crippen LogP contribution in [0.4, 0.5) is 0 Å².